The molecular weight excluding hydrogens is 388 g/mol. The molecule has 2 rings (SSSR count). The first kappa shape index (κ1) is 23.1. The second-order valence-corrected chi connectivity index (χ2v) is 7.04. The van der Waals surface area contributed by atoms with E-state index in [-0.39, 0.29) is 17.3 Å². The molecule has 1 atom stereocenters. The number of urea groups is 1. The molecule has 0 aliphatic heterocycles. The molecule has 2 N–H and O–H groups in total. The second-order valence-electron chi connectivity index (χ2n) is 7.04. The van der Waals surface area contributed by atoms with Gasteiger partial charge in [-0.3, -0.25) is 14.9 Å². The van der Waals surface area contributed by atoms with Crippen LogP contribution in [0.15, 0.2) is 29.1 Å². The van der Waals surface area contributed by atoms with Gasteiger partial charge in [0.25, 0.3) is 11.5 Å². The zero-order chi connectivity index (χ0) is 22.1. The van der Waals surface area contributed by atoms with Crippen LogP contribution in [0.5, 0.6) is 0 Å². The summed E-state index contributed by atoms with van der Waals surface area (Å²) in [7, 11) is 0. The molecule has 0 saturated carbocycles. The Morgan fingerprint density at radius 2 is 1.83 bits per heavy atom. The fraction of sp³-hybridized carbons (Fsp3) is 0.476. The molecule has 3 amide bonds. The van der Waals surface area contributed by atoms with Crippen LogP contribution in [-0.2, 0) is 16.1 Å². The van der Waals surface area contributed by atoms with E-state index in [1.165, 1.54) is 4.68 Å². The third-order valence-electron chi connectivity index (χ3n) is 4.61. The SMILES string of the molecule is CCCCCn1nc(C(=O)OCC(=O)NC(=O)N[C@H](C)CC)c2ccccc2c1=O. The molecule has 1 aromatic carbocycles. The highest BCUT2D eigenvalue weighted by atomic mass is 16.5. The first-order valence-electron chi connectivity index (χ1n) is 10.1. The van der Waals surface area contributed by atoms with Crippen molar-refractivity contribution in [3.63, 3.8) is 0 Å². The van der Waals surface area contributed by atoms with Crippen molar-refractivity contribution in [1.82, 2.24) is 20.4 Å². The molecule has 162 valence electrons. The minimum atomic E-state index is -0.840. The molecular formula is C21H28N4O5. The Kier molecular flexibility index (Phi) is 8.52. The van der Waals surface area contributed by atoms with E-state index in [0.29, 0.717) is 23.7 Å². The number of benzene rings is 1. The molecule has 0 saturated heterocycles. The van der Waals surface area contributed by atoms with Gasteiger partial charge >= 0.3 is 12.0 Å². The number of rotatable bonds is 9. The van der Waals surface area contributed by atoms with E-state index in [4.69, 9.17) is 4.74 Å². The Labute approximate surface area is 174 Å². The molecule has 0 fully saturated rings. The standard InChI is InChI=1S/C21H28N4O5/c1-4-6-9-12-25-19(27)16-11-8-7-10-15(16)18(24-25)20(28)30-13-17(26)23-21(29)22-14(3)5-2/h7-8,10-11,14H,4-6,9,12-13H2,1-3H3,(H2,22,23,26,29)/t14-/m1/s1. The lowest BCUT2D eigenvalue weighted by molar-refractivity contribution is -0.123. The molecule has 1 aromatic heterocycles. The lowest BCUT2D eigenvalue weighted by atomic mass is 10.1. The first-order valence-corrected chi connectivity index (χ1v) is 10.1. The van der Waals surface area contributed by atoms with Gasteiger partial charge in [0.15, 0.2) is 12.3 Å². The molecule has 2 aromatic rings. The Morgan fingerprint density at radius 3 is 2.50 bits per heavy atom. The van der Waals surface area contributed by atoms with Gasteiger partial charge in [0.05, 0.1) is 5.39 Å². The van der Waals surface area contributed by atoms with Crippen LogP contribution in [0.4, 0.5) is 4.79 Å². The predicted molar refractivity (Wildman–Crippen MR) is 112 cm³/mol. The average Bonchev–Trinajstić information content (AvgIpc) is 2.73. The van der Waals surface area contributed by atoms with Crippen molar-refractivity contribution in [2.24, 2.45) is 0 Å². The van der Waals surface area contributed by atoms with Crippen LogP contribution in [-0.4, -0.2) is 40.3 Å². The molecule has 9 nitrogen and oxygen atoms in total. The van der Waals surface area contributed by atoms with Crippen molar-refractivity contribution in [3.8, 4) is 0 Å². The van der Waals surface area contributed by atoms with Gasteiger partial charge in [0.2, 0.25) is 0 Å². The Morgan fingerprint density at radius 1 is 1.13 bits per heavy atom. The van der Waals surface area contributed by atoms with Crippen LogP contribution in [0.3, 0.4) is 0 Å². The fourth-order valence-electron chi connectivity index (χ4n) is 2.77. The van der Waals surface area contributed by atoms with Crippen LogP contribution < -0.4 is 16.2 Å². The number of ether oxygens (including phenoxy) is 1. The van der Waals surface area contributed by atoms with E-state index < -0.39 is 24.5 Å². The molecule has 0 aliphatic carbocycles. The molecule has 30 heavy (non-hydrogen) atoms. The van der Waals surface area contributed by atoms with Gasteiger partial charge in [-0.1, -0.05) is 44.9 Å². The maximum Gasteiger partial charge on any atom is 0.359 e. The lowest BCUT2D eigenvalue weighted by Crippen LogP contribution is -2.44. The van der Waals surface area contributed by atoms with Crippen molar-refractivity contribution in [3.05, 3.63) is 40.3 Å². The highest BCUT2D eigenvalue weighted by Crippen LogP contribution is 2.14. The number of nitrogens with zero attached hydrogens (tertiary/aromatic N) is 2. The van der Waals surface area contributed by atoms with Crippen LogP contribution in [0.1, 0.15) is 56.9 Å². The van der Waals surface area contributed by atoms with Gasteiger partial charge in [0.1, 0.15) is 0 Å². The van der Waals surface area contributed by atoms with E-state index in [0.717, 1.165) is 19.3 Å². The number of nitrogens with one attached hydrogen (secondary N) is 2. The van der Waals surface area contributed by atoms with E-state index in [9.17, 15) is 19.2 Å². The Hall–Kier alpha value is -3.23. The van der Waals surface area contributed by atoms with Crippen molar-refractivity contribution >= 4 is 28.7 Å². The highest BCUT2D eigenvalue weighted by molar-refractivity contribution is 6.03. The third-order valence-corrected chi connectivity index (χ3v) is 4.61. The summed E-state index contributed by atoms with van der Waals surface area (Å²) < 4.78 is 6.30. The highest BCUT2D eigenvalue weighted by Gasteiger charge is 2.19. The number of aryl methyl sites for hydroxylation is 1. The maximum atomic E-state index is 12.6. The molecule has 0 bridgehead atoms. The molecule has 0 aliphatic rings. The maximum absolute atomic E-state index is 12.6. The van der Waals surface area contributed by atoms with E-state index in [1.807, 2.05) is 13.8 Å². The van der Waals surface area contributed by atoms with Gasteiger partial charge in [-0.05, 0) is 25.8 Å². The van der Waals surface area contributed by atoms with Gasteiger partial charge in [0, 0.05) is 18.0 Å². The number of hydrogen-bond acceptors (Lipinski definition) is 6. The summed E-state index contributed by atoms with van der Waals surface area (Å²) >= 11 is 0. The predicted octanol–water partition coefficient (Wildman–Crippen LogP) is 2.37. The molecule has 1 heterocycles. The molecule has 9 heteroatoms. The molecule has 0 unspecified atom stereocenters. The summed E-state index contributed by atoms with van der Waals surface area (Å²) in [5, 5.41) is 9.57. The minimum Gasteiger partial charge on any atom is -0.451 e. The zero-order valence-corrected chi connectivity index (χ0v) is 17.6. The fourth-order valence-corrected chi connectivity index (χ4v) is 2.77. The Balaban J connectivity index is 2.13. The number of amides is 3. The number of esters is 1. The minimum absolute atomic E-state index is 0.0430. The van der Waals surface area contributed by atoms with Crippen LogP contribution in [0.25, 0.3) is 10.8 Å². The topological polar surface area (TPSA) is 119 Å². The van der Waals surface area contributed by atoms with Gasteiger partial charge < -0.3 is 10.1 Å². The van der Waals surface area contributed by atoms with E-state index in [2.05, 4.69) is 15.7 Å². The monoisotopic (exact) mass is 416 g/mol. The van der Waals surface area contributed by atoms with Crippen molar-refractivity contribution in [2.45, 2.75) is 59.0 Å². The summed E-state index contributed by atoms with van der Waals surface area (Å²) in [5.74, 6) is -1.60. The van der Waals surface area contributed by atoms with Crippen LogP contribution >= 0.6 is 0 Å². The van der Waals surface area contributed by atoms with E-state index in [1.54, 1.807) is 31.2 Å². The van der Waals surface area contributed by atoms with Crippen LogP contribution in [0, 0.1) is 0 Å². The summed E-state index contributed by atoms with van der Waals surface area (Å²) in [5.41, 5.74) is -0.323. The third kappa shape index (κ3) is 6.13. The molecule has 0 spiro atoms. The summed E-state index contributed by atoms with van der Waals surface area (Å²) in [6.45, 7) is 5.49. The normalized spacial score (nSPS) is 11.7. The largest absolute Gasteiger partial charge is 0.451 e. The number of carbonyl (C=O) groups excluding carboxylic acids is 3. The van der Waals surface area contributed by atoms with Crippen LogP contribution in [0.2, 0.25) is 0 Å². The van der Waals surface area contributed by atoms with Gasteiger partial charge in [-0.2, -0.15) is 5.10 Å². The number of hydrogen-bond donors (Lipinski definition) is 2. The zero-order valence-electron chi connectivity index (χ0n) is 17.6. The first-order chi connectivity index (χ1) is 14.4. The van der Waals surface area contributed by atoms with Crippen molar-refractivity contribution in [1.29, 1.82) is 0 Å². The lowest BCUT2D eigenvalue weighted by Gasteiger charge is -2.12. The van der Waals surface area contributed by atoms with Gasteiger partial charge in [-0.15, -0.1) is 0 Å². The summed E-state index contributed by atoms with van der Waals surface area (Å²) in [4.78, 5) is 48.8. The van der Waals surface area contributed by atoms with Gasteiger partial charge in [-0.25, -0.2) is 14.3 Å². The molecule has 0 radical (unpaired) electrons. The van der Waals surface area contributed by atoms with Crippen molar-refractivity contribution in [2.75, 3.05) is 6.61 Å². The van der Waals surface area contributed by atoms with E-state index >= 15 is 0 Å². The summed E-state index contributed by atoms with van der Waals surface area (Å²) in [6.07, 6.45) is 3.38. The number of fused-ring (bicyclic) bond motifs is 1. The number of aromatic nitrogens is 2. The summed E-state index contributed by atoms with van der Waals surface area (Å²) in [6, 6.07) is 5.88. The number of imide groups is 1. The quantitative estimate of drug-likeness (QED) is 0.478. The number of unbranched alkanes of at least 4 members (excludes halogenated alkanes) is 2. The second kappa shape index (κ2) is 11.1. The number of carbonyl (C=O) groups is 3. The smallest absolute Gasteiger partial charge is 0.359 e. The average molecular weight is 416 g/mol. The van der Waals surface area contributed by atoms with Crippen molar-refractivity contribution < 1.29 is 19.1 Å². The Bertz CT molecular complexity index is 970.